The van der Waals surface area contributed by atoms with Gasteiger partial charge in [-0.15, -0.1) is 0 Å². The Labute approximate surface area is 127 Å². The Bertz CT molecular complexity index is 581. The van der Waals surface area contributed by atoms with Crippen LogP contribution in [0.2, 0.25) is 0 Å². The highest BCUT2D eigenvalue weighted by Crippen LogP contribution is 2.26. The molecule has 0 spiro atoms. The molecule has 0 amide bonds. The molecule has 2 rings (SSSR count). The first kappa shape index (κ1) is 16.7. The third-order valence-corrected chi connectivity index (χ3v) is 4.35. The maximum absolute atomic E-state index is 12.6. The summed E-state index contributed by atoms with van der Waals surface area (Å²) in [6, 6.07) is 0. The molecule has 1 aliphatic carbocycles. The van der Waals surface area contributed by atoms with Crippen molar-refractivity contribution in [3.8, 4) is 0 Å². The van der Waals surface area contributed by atoms with E-state index < -0.39 is 29.1 Å². The van der Waals surface area contributed by atoms with Crippen LogP contribution in [0, 0.1) is 5.92 Å². The lowest BCUT2D eigenvalue weighted by molar-refractivity contribution is 0.0766. The number of oxazole rings is 1. The number of halogens is 3. The topological polar surface area (TPSA) is 64.7 Å². The van der Waals surface area contributed by atoms with Gasteiger partial charge in [-0.1, -0.05) is 11.6 Å². The van der Waals surface area contributed by atoms with Crippen molar-refractivity contribution in [1.29, 1.82) is 0 Å². The van der Waals surface area contributed by atoms with Crippen LogP contribution in [0.3, 0.4) is 0 Å². The van der Waals surface area contributed by atoms with Gasteiger partial charge in [0.05, 0.1) is 6.20 Å². The van der Waals surface area contributed by atoms with E-state index in [1.807, 2.05) is 0 Å². The van der Waals surface area contributed by atoms with Gasteiger partial charge in [-0.25, -0.2) is 13.6 Å². The molecule has 1 atom stereocenters. The van der Waals surface area contributed by atoms with Crippen LogP contribution in [-0.4, -0.2) is 27.8 Å². The van der Waals surface area contributed by atoms with E-state index in [0.29, 0.717) is 12.5 Å². The molecule has 1 saturated carbocycles. The molecule has 0 N–H and O–H groups in total. The predicted octanol–water partition coefficient (Wildman–Crippen LogP) is 3.40. The summed E-state index contributed by atoms with van der Waals surface area (Å²) in [5.74, 6) is -1.14. The first-order valence-corrected chi connectivity index (χ1v) is 8.07. The van der Waals surface area contributed by atoms with Crippen molar-refractivity contribution in [1.82, 2.24) is 4.98 Å². The van der Waals surface area contributed by atoms with Crippen LogP contribution in [0.5, 0.6) is 0 Å². The van der Waals surface area contributed by atoms with Crippen molar-refractivity contribution in [2.45, 2.75) is 30.9 Å². The second-order valence-electron chi connectivity index (χ2n) is 4.82. The summed E-state index contributed by atoms with van der Waals surface area (Å²) < 4.78 is 53.2. The van der Waals surface area contributed by atoms with Crippen LogP contribution in [0.25, 0.3) is 0 Å². The lowest BCUT2D eigenvalue weighted by Gasteiger charge is -2.23. The van der Waals surface area contributed by atoms with E-state index in [2.05, 4.69) is 10.1 Å². The van der Waals surface area contributed by atoms with E-state index in [1.54, 1.807) is 0 Å². The minimum atomic E-state index is -2.40. The Hall–Kier alpha value is -1.64. The molecule has 1 unspecified atom stereocenters. The Balaban J connectivity index is 1.78. The molecule has 0 bridgehead atoms. The molecule has 0 radical (unpaired) electrons. The third kappa shape index (κ3) is 4.97. The number of hydrogen-bond acceptors (Lipinski definition) is 5. The van der Waals surface area contributed by atoms with E-state index in [-0.39, 0.29) is 16.7 Å². The molecule has 22 heavy (non-hydrogen) atoms. The van der Waals surface area contributed by atoms with Gasteiger partial charge in [0.15, 0.2) is 11.6 Å². The van der Waals surface area contributed by atoms with E-state index in [0.717, 1.165) is 12.8 Å². The standard InChI is InChI=1S/C13H15F3N2O3S/c14-11(12(15)16)4-5-22(19)13-17-6-10(21-13)7-18-20-8-9-2-1-3-9/h6-7,9H,1-5,8H2. The second kappa shape index (κ2) is 8.11. The Kier molecular flexibility index (Phi) is 6.17. The SMILES string of the molecule is O=S(CCC(F)=C(F)F)c1ncc(C=NOCC2CCC2)o1. The fourth-order valence-corrected chi connectivity index (χ4v) is 2.59. The number of nitrogens with zero attached hydrogens (tertiary/aromatic N) is 2. The van der Waals surface area contributed by atoms with Crippen molar-refractivity contribution in [2.24, 2.45) is 11.1 Å². The van der Waals surface area contributed by atoms with Gasteiger partial charge in [0, 0.05) is 12.2 Å². The fourth-order valence-electron chi connectivity index (χ4n) is 1.70. The van der Waals surface area contributed by atoms with Gasteiger partial charge in [-0.2, -0.15) is 8.78 Å². The van der Waals surface area contributed by atoms with E-state index in [1.165, 1.54) is 18.8 Å². The highest BCUT2D eigenvalue weighted by molar-refractivity contribution is 7.84. The zero-order chi connectivity index (χ0) is 15.9. The summed E-state index contributed by atoms with van der Waals surface area (Å²) in [5, 5.41) is 3.55. The van der Waals surface area contributed by atoms with E-state index in [4.69, 9.17) is 9.25 Å². The molecule has 1 heterocycles. The van der Waals surface area contributed by atoms with Gasteiger partial charge in [-0.05, 0) is 18.8 Å². The number of aromatic nitrogens is 1. The molecule has 1 aromatic heterocycles. The first-order valence-electron chi connectivity index (χ1n) is 6.75. The maximum Gasteiger partial charge on any atom is 0.301 e. The van der Waals surface area contributed by atoms with Crippen LogP contribution in [0.15, 0.2) is 32.9 Å². The molecule has 1 aromatic rings. The van der Waals surface area contributed by atoms with Gasteiger partial charge in [0.1, 0.15) is 23.6 Å². The van der Waals surface area contributed by atoms with Crippen molar-refractivity contribution < 1.29 is 26.6 Å². The van der Waals surface area contributed by atoms with Crippen LogP contribution in [0.1, 0.15) is 31.4 Å². The Morgan fingerprint density at radius 1 is 1.50 bits per heavy atom. The molecule has 122 valence electrons. The zero-order valence-corrected chi connectivity index (χ0v) is 12.5. The normalized spacial score (nSPS) is 16.5. The van der Waals surface area contributed by atoms with Crippen LogP contribution in [-0.2, 0) is 15.6 Å². The van der Waals surface area contributed by atoms with Gasteiger partial charge in [0.2, 0.25) is 0 Å². The van der Waals surface area contributed by atoms with Gasteiger partial charge in [-0.3, -0.25) is 0 Å². The largest absolute Gasteiger partial charge is 0.429 e. The van der Waals surface area contributed by atoms with Crippen molar-refractivity contribution >= 4 is 17.0 Å². The molecule has 0 saturated heterocycles. The summed E-state index contributed by atoms with van der Waals surface area (Å²) in [6.07, 6.45) is 3.04. The summed E-state index contributed by atoms with van der Waals surface area (Å²) in [6.45, 7) is 0.545. The average molecular weight is 336 g/mol. The molecule has 0 aromatic carbocycles. The molecule has 9 heteroatoms. The van der Waals surface area contributed by atoms with E-state index in [9.17, 15) is 17.4 Å². The van der Waals surface area contributed by atoms with Crippen molar-refractivity contribution in [3.63, 3.8) is 0 Å². The minimum absolute atomic E-state index is 0.160. The summed E-state index contributed by atoms with van der Waals surface area (Å²) in [5.41, 5.74) is 0. The summed E-state index contributed by atoms with van der Waals surface area (Å²) >= 11 is 0. The average Bonchev–Trinajstić information content (AvgIpc) is 2.91. The second-order valence-corrected chi connectivity index (χ2v) is 6.27. The van der Waals surface area contributed by atoms with Gasteiger partial charge >= 0.3 is 6.08 Å². The molecule has 1 fully saturated rings. The first-order chi connectivity index (χ1) is 10.6. The Morgan fingerprint density at radius 3 is 2.91 bits per heavy atom. The van der Waals surface area contributed by atoms with Crippen LogP contribution < -0.4 is 0 Å². The lowest BCUT2D eigenvalue weighted by atomic mass is 9.86. The highest BCUT2D eigenvalue weighted by atomic mass is 32.2. The van der Waals surface area contributed by atoms with Gasteiger partial charge in [0.25, 0.3) is 5.22 Å². The molecular weight excluding hydrogens is 321 g/mol. The monoisotopic (exact) mass is 336 g/mol. The molecular formula is C13H15F3N2O3S. The van der Waals surface area contributed by atoms with Gasteiger partial charge < -0.3 is 9.25 Å². The molecule has 5 nitrogen and oxygen atoms in total. The number of oxime groups is 1. The molecule has 1 aliphatic rings. The predicted molar refractivity (Wildman–Crippen MR) is 73.6 cm³/mol. The van der Waals surface area contributed by atoms with E-state index >= 15 is 0 Å². The third-order valence-electron chi connectivity index (χ3n) is 3.20. The summed E-state index contributed by atoms with van der Waals surface area (Å²) in [7, 11) is -1.79. The maximum atomic E-state index is 12.6. The van der Waals surface area contributed by atoms with Crippen LogP contribution in [0.4, 0.5) is 13.2 Å². The lowest BCUT2D eigenvalue weighted by Crippen LogP contribution is -2.16. The van der Waals surface area contributed by atoms with Crippen molar-refractivity contribution in [2.75, 3.05) is 12.4 Å². The highest BCUT2D eigenvalue weighted by Gasteiger charge is 2.17. The van der Waals surface area contributed by atoms with Crippen molar-refractivity contribution in [3.05, 3.63) is 23.9 Å². The number of hydrogen-bond donors (Lipinski definition) is 0. The number of rotatable bonds is 8. The quantitative estimate of drug-likeness (QED) is 0.539. The minimum Gasteiger partial charge on any atom is -0.429 e. The Morgan fingerprint density at radius 2 is 2.27 bits per heavy atom. The molecule has 0 aliphatic heterocycles. The van der Waals surface area contributed by atoms with Crippen LogP contribution >= 0.6 is 0 Å². The smallest absolute Gasteiger partial charge is 0.301 e. The zero-order valence-electron chi connectivity index (χ0n) is 11.6. The fraction of sp³-hybridized carbons (Fsp3) is 0.538. The number of allylic oxidation sites excluding steroid dienone is 1. The summed E-state index contributed by atoms with van der Waals surface area (Å²) in [4.78, 5) is 8.82.